The number of carboxylic acids is 1. The van der Waals surface area contributed by atoms with Gasteiger partial charge in [0.15, 0.2) is 12.1 Å². The molecule has 0 spiro atoms. The molecule has 0 fully saturated rings. The van der Waals surface area contributed by atoms with Crippen LogP contribution in [0.2, 0.25) is 0 Å². The molecule has 62 heavy (non-hydrogen) atoms. The molecule has 1 N–H and O–H groups in total. The Hall–Kier alpha value is -3.23. The summed E-state index contributed by atoms with van der Waals surface area (Å²) in [6.07, 6.45) is 56.8. The van der Waals surface area contributed by atoms with Gasteiger partial charge in [0.25, 0.3) is 0 Å². The molecule has 0 saturated carbocycles. The van der Waals surface area contributed by atoms with Gasteiger partial charge in [-0.2, -0.15) is 0 Å². The third kappa shape index (κ3) is 42.1. The van der Waals surface area contributed by atoms with Crippen molar-refractivity contribution in [3.8, 4) is 0 Å². The molecule has 8 nitrogen and oxygen atoms in total. The van der Waals surface area contributed by atoms with Crippen molar-refractivity contribution < 1.29 is 38.2 Å². The van der Waals surface area contributed by atoms with E-state index in [1.165, 1.54) is 103 Å². The van der Waals surface area contributed by atoms with Gasteiger partial charge in [-0.1, -0.05) is 177 Å². The van der Waals surface area contributed by atoms with Crippen LogP contribution in [0.15, 0.2) is 72.9 Å². The first-order valence-corrected chi connectivity index (χ1v) is 25.0. The van der Waals surface area contributed by atoms with Gasteiger partial charge < -0.3 is 23.8 Å². The van der Waals surface area contributed by atoms with E-state index in [4.69, 9.17) is 14.2 Å². The highest BCUT2D eigenvalue weighted by Gasteiger charge is 2.31. The molecule has 0 radical (unpaired) electrons. The maximum absolute atomic E-state index is 12.7. The highest BCUT2D eigenvalue weighted by atomic mass is 16.6. The maximum atomic E-state index is 12.7. The number of rotatable bonds is 44. The first-order valence-electron chi connectivity index (χ1n) is 25.0. The van der Waals surface area contributed by atoms with Crippen LogP contribution in [0, 0.1) is 0 Å². The number of aliphatic carboxylic acids is 1. The van der Waals surface area contributed by atoms with Crippen LogP contribution in [0.25, 0.3) is 0 Å². The predicted octanol–water partition coefficient (Wildman–Crippen LogP) is 14.3. The van der Waals surface area contributed by atoms with Crippen LogP contribution >= 0.6 is 0 Å². The smallest absolute Gasteiger partial charge is 0.362 e. The summed E-state index contributed by atoms with van der Waals surface area (Å²) >= 11 is 0. The first-order chi connectivity index (χ1) is 30.1. The largest absolute Gasteiger partial charge is 0.477 e. The van der Waals surface area contributed by atoms with Crippen molar-refractivity contribution in [2.45, 2.75) is 212 Å². The number of hydrogen-bond donors (Lipinski definition) is 1. The zero-order valence-corrected chi connectivity index (χ0v) is 40.6. The standard InChI is InChI=1S/C54H93NO7/c1-6-8-10-12-14-16-18-20-22-24-25-26-27-29-30-32-34-36-38-40-42-44-52(56)61-49-50(48-60-47-46-51(54(58)59)55(3,4)5)62-53(57)45-43-41-39-37-35-33-31-28-23-21-19-17-15-13-11-9-7-2/h9,11,15,17,21,23-25,31,33,37,39,50-51H,6-8,10,12-14,16,18-20,22,26-30,32,34-36,38,40-49H2,1-5H3/p+1/b11-9-,17-15-,23-21-,25-24-,33-31-,39-37-. The Bertz CT molecular complexity index is 1240. The SMILES string of the molecule is CC/C=C\C/C=C\C/C=C\C/C=C\C/C=C\CCCC(=O)OC(COCCC(C(=O)O)[N+](C)(C)C)COC(=O)CCCCCCCCCCC/C=C\CCCCCCCCCC. The number of hydrogen-bond acceptors (Lipinski definition) is 6. The van der Waals surface area contributed by atoms with Gasteiger partial charge in [-0.25, -0.2) is 4.79 Å². The van der Waals surface area contributed by atoms with Gasteiger partial charge in [-0.05, 0) is 77.0 Å². The second-order valence-corrected chi connectivity index (χ2v) is 17.7. The van der Waals surface area contributed by atoms with Gasteiger partial charge in [0.1, 0.15) is 6.61 Å². The second-order valence-electron chi connectivity index (χ2n) is 17.7. The zero-order valence-electron chi connectivity index (χ0n) is 40.6. The van der Waals surface area contributed by atoms with Crippen LogP contribution < -0.4 is 0 Å². The molecule has 0 bridgehead atoms. The lowest BCUT2D eigenvalue weighted by Gasteiger charge is -2.31. The van der Waals surface area contributed by atoms with Crippen LogP contribution in [0.4, 0.5) is 0 Å². The van der Waals surface area contributed by atoms with Gasteiger partial charge in [-0.3, -0.25) is 9.59 Å². The Morgan fingerprint density at radius 3 is 1.40 bits per heavy atom. The third-order valence-electron chi connectivity index (χ3n) is 10.8. The predicted molar refractivity (Wildman–Crippen MR) is 261 cm³/mol. The average Bonchev–Trinajstić information content (AvgIpc) is 3.23. The molecule has 0 amide bonds. The van der Waals surface area contributed by atoms with E-state index >= 15 is 0 Å². The topological polar surface area (TPSA) is 99.1 Å². The summed E-state index contributed by atoms with van der Waals surface area (Å²) in [6, 6.07) is -0.628. The van der Waals surface area contributed by atoms with E-state index in [1.807, 2.05) is 21.1 Å². The van der Waals surface area contributed by atoms with Gasteiger partial charge in [0.05, 0.1) is 34.4 Å². The Morgan fingerprint density at radius 2 is 0.919 bits per heavy atom. The summed E-state index contributed by atoms with van der Waals surface area (Å²) in [7, 11) is 5.51. The highest BCUT2D eigenvalue weighted by molar-refractivity contribution is 5.72. The molecule has 8 heteroatoms. The quantitative estimate of drug-likeness (QED) is 0.0282. The maximum Gasteiger partial charge on any atom is 0.362 e. The van der Waals surface area contributed by atoms with Gasteiger partial charge >= 0.3 is 17.9 Å². The number of quaternary nitrogens is 1. The fraction of sp³-hybridized carbons (Fsp3) is 0.722. The van der Waals surface area contributed by atoms with Crippen molar-refractivity contribution in [2.75, 3.05) is 41.0 Å². The molecule has 0 saturated heterocycles. The summed E-state index contributed by atoms with van der Waals surface area (Å²) in [5, 5.41) is 9.64. The molecule has 2 unspecified atom stereocenters. The Morgan fingerprint density at radius 1 is 0.500 bits per heavy atom. The lowest BCUT2D eigenvalue weighted by Crippen LogP contribution is -2.50. The number of carbonyl (C=O) groups excluding carboxylic acids is 2. The summed E-state index contributed by atoms with van der Waals surface area (Å²) in [5.74, 6) is -1.55. The minimum atomic E-state index is -0.886. The van der Waals surface area contributed by atoms with Crippen molar-refractivity contribution in [1.29, 1.82) is 0 Å². The lowest BCUT2D eigenvalue weighted by molar-refractivity contribution is -0.887. The van der Waals surface area contributed by atoms with Gasteiger partial charge in [0, 0.05) is 19.3 Å². The molecule has 2 atom stereocenters. The number of nitrogens with zero attached hydrogens (tertiary/aromatic N) is 1. The van der Waals surface area contributed by atoms with E-state index in [0.717, 1.165) is 57.8 Å². The number of carboxylic acid groups (broad SMARTS) is 1. The van der Waals surface area contributed by atoms with Crippen molar-refractivity contribution in [1.82, 2.24) is 0 Å². The second kappa shape index (κ2) is 44.4. The molecular formula is C54H94NO7+. The van der Waals surface area contributed by atoms with Crippen molar-refractivity contribution in [2.24, 2.45) is 0 Å². The van der Waals surface area contributed by atoms with Crippen LogP contribution in [0.3, 0.4) is 0 Å². The Labute approximate surface area is 381 Å². The van der Waals surface area contributed by atoms with E-state index in [9.17, 15) is 19.5 Å². The van der Waals surface area contributed by atoms with Crippen LogP contribution in [-0.4, -0.2) is 80.6 Å². The summed E-state index contributed by atoms with van der Waals surface area (Å²) in [5.41, 5.74) is 0. The van der Waals surface area contributed by atoms with Crippen molar-refractivity contribution >= 4 is 17.9 Å². The number of likely N-dealkylation sites (N-methyl/N-ethyl adjacent to an activating group) is 1. The number of unbranched alkanes of at least 4 members (excludes halogenated alkanes) is 18. The fourth-order valence-electron chi connectivity index (χ4n) is 7.00. The first kappa shape index (κ1) is 58.8. The molecule has 0 rings (SSSR count). The lowest BCUT2D eigenvalue weighted by atomic mass is 10.1. The van der Waals surface area contributed by atoms with Crippen molar-refractivity contribution in [3.63, 3.8) is 0 Å². The molecule has 0 aromatic heterocycles. The molecule has 356 valence electrons. The summed E-state index contributed by atoms with van der Waals surface area (Å²) in [4.78, 5) is 37.1. The van der Waals surface area contributed by atoms with E-state index in [2.05, 4.69) is 86.8 Å². The molecule has 0 aliphatic rings. The van der Waals surface area contributed by atoms with Crippen LogP contribution in [0.1, 0.15) is 200 Å². The fourth-order valence-corrected chi connectivity index (χ4v) is 7.00. The summed E-state index contributed by atoms with van der Waals surface area (Å²) < 4.78 is 17.3. The van der Waals surface area contributed by atoms with Crippen LogP contribution in [0.5, 0.6) is 0 Å². The number of carbonyl (C=O) groups is 3. The molecule has 0 heterocycles. The normalized spacial score (nSPS) is 13.5. The van der Waals surface area contributed by atoms with E-state index in [1.54, 1.807) is 0 Å². The van der Waals surface area contributed by atoms with Gasteiger partial charge in [-0.15, -0.1) is 0 Å². The van der Waals surface area contributed by atoms with E-state index in [-0.39, 0.29) is 42.7 Å². The Kier molecular flexibility index (Phi) is 42.1. The molecular weight excluding hydrogens is 775 g/mol. The number of esters is 2. The number of ether oxygens (including phenoxy) is 3. The van der Waals surface area contributed by atoms with Crippen molar-refractivity contribution in [3.05, 3.63) is 72.9 Å². The molecule has 0 aromatic carbocycles. The van der Waals surface area contributed by atoms with Gasteiger partial charge in [0.2, 0.25) is 0 Å². The minimum Gasteiger partial charge on any atom is -0.477 e. The van der Waals surface area contributed by atoms with E-state index in [0.29, 0.717) is 19.3 Å². The molecule has 0 aliphatic heterocycles. The minimum absolute atomic E-state index is 0.0351. The zero-order chi connectivity index (χ0) is 45.6. The third-order valence-corrected chi connectivity index (χ3v) is 10.8. The highest BCUT2D eigenvalue weighted by Crippen LogP contribution is 2.14. The summed E-state index contributed by atoms with van der Waals surface area (Å²) in [6.45, 7) is 4.57. The van der Waals surface area contributed by atoms with Crippen LogP contribution in [-0.2, 0) is 28.6 Å². The molecule has 0 aliphatic carbocycles. The Balaban J connectivity index is 4.33. The monoisotopic (exact) mass is 869 g/mol. The number of allylic oxidation sites excluding steroid dienone is 12. The molecule has 0 aromatic rings. The average molecular weight is 869 g/mol. The van der Waals surface area contributed by atoms with E-state index < -0.39 is 18.1 Å².